The van der Waals surface area contributed by atoms with Gasteiger partial charge in [0.25, 0.3) is 5.24 Å². The van der Waals surface area contributed by atoms with Crippen LogP contribution in [-0.4, -0.2) is 24.3 Å². The summed E-state index contributed by atoms with van der Waals surface area (Å²) in [5, 5.41) is -0.246. The van der Waals surface area contributed by atoms with Crippen LogP contribution in [0.3, 0.4) is 0 Å². The second-order valence-corrected chi connectivity index (χ2v) is 4.67. The molecule has 1 aromatic rings. The van der Waals surface area contributed by atoms with Gasteiger partial charge >= 0.3 is 0 Å². The molecule has 0 saturated heterocycles. The minimum atomic E-state index is -0.246. The predicted molar refractivity (Wildman–Crippen MR) is 73.1 cm³/mol. The first-order valence-electron chi connectivity index (χ1n) is 5.46. The lowest BCUT2D eigenvalue weighted by molar-refractivity contribution is 0.231. The third-order valence-electron chi connectivity index (χ3n) is 3.04. The summed E-state index contributed by atoms with van der Waals surface area (Å²) in [5.74, 6) is 0.865. The van der Waals surface area contributed by atoms with Gasteiger partial charge in [0, 0.05) is 12.6 Å². The third kappa shape index (κ3) is 2.94. The zero-order valence-electron chi connectivity index (χ0n) is 11.0. The van der Waals surface area contributed by atoms with E-state index >= 15 is 0 Å². The van der Waals surface area contributed by atoms with Gasteiger partial charge in [0.15, 0.2) is 0 Å². The van der Waals surface area contributed by atoms with Crippen molar-refractivity contribution in [2.45, 2.75) is 27.3 Å². The predicted octanol–water partition coefficient (Wildman–Crippen LogP) is 3.10. The average Bonchev–Trinajstić information content (AvgIpc) is 2.26. The molecule has 3 nitrogen and oxygen atoms in total. The second kappa shape index (κ2) is 5.45. The average molecular weight is 253 g/mol. The molecular formula is C13H19NO2S. The molecular weight excluding hydrogens is 234 g/mol. The number of amides is 1. The van der Waals surface area contributed by atoms with Gasteiger partial charge in [0.1, 0.15) is 5.75 Å². The highest BCUT2D eigenvalue weighted by molar-refractivity contribution is 7.96. The van der Waals surface area contributed by atoms with E-state index in [1.54, 1.807) is 19.1 Å². The van der Waals surface area contributed by atoms with Crippen LogP contribution in [-0.2, 0) is 6.54 Å². The lowest BCUT2D eigenvalue weighted by atomic mass is 9.99. The number of aryl methyl sites for hydroxylation is 2. The number of hydrogen-bond donors (Lipinski definition) is 1. The van der Waals surface area contributed by atoms with E-state index in [-0.39, 0.29) is 5.24 Å². The van der Waals surface area contributed by atoms with Gasteiger partial charge in [-0.3, -0.25) is 4.79 Å². The van der Waals surface area contributed by atoms with Gasteiger partial charge in [-0.2, -0.15) is 0 Å². The van der Waals surface area contributed by atoms with Crippen LogP contribution in [0.15, 0.2) is 6.07 Å². The maximum Gasteiger partial charge on any atom is 0.278 e. The topological polar surface area (TPSA) is 29.5 Å². The third-order valence-corrected chi connectivity index (χ3v) is 3.38. The second-order valence-electron chi connectivity index (χ2n) is 4.29. The number of benzene rings is 1. The van der Waals surface area contributed by atoms with Crippen LogP contribution < -0.4 is 4.74 Å². The summed E-state index contributed by atoms with van der Waals surface area (Å²) in [6.07, 6.45) is 0. The number of nitrogens with zero attached hydrogens (tertiary/aromatic N) is 1. The fourth-order valence-corrected chi connectivity index (χ4v) is 1.95. The summed E-state index contributed by atoms with van der Waals surface area (Å²) >= 11 is 3.81. The first kappa shape index (κ1) is 13.9. The highest BCUT2D eigenvalue weighted by Gasteiger charge is 2.15. The van der Waals surface area contributed by atoms with E-state index in [9.17, 15) is 4.79 Å². The van der Waals surface area contributed by atoms with Crippen molar-refractivity contribution in [2.75, 3.05) is 14.2 Å². The van der Waals surface area contributed by atoms with E-state index < -0.39 is 0 Å². The van der Waals surface area contributed by atoms with Crippen molar-refractivity contribution in [3.05, 3.63) is 28.3 Å². The van der Waals surface area contributed by atoms with E-state index in [2.05, 4.69) is 25.6 Å². The van der Waals surface area contributed by atoms with E-state index in [4.69, 9.17) is 4.74 Å². The standard InChI is InChI=1S/C13H19NO2S/c1-8-6-9(2)11(7-14(4)13(15)17)12(16-5)10(8)3/h6H,7H2,1-5H3,(H,15,17). The molecule has 1 aromatic carbocycles. The molecule has 0 heterocycles. The highest BCUT2D eigenvalue weighted by atomic mass is 32.1. The fourth-order valence-electron chi connectivity index (χ4n) is 1.88. The molecule has 1 rings (SSSR count). The Kier molecular flexibility index (Phi) is 4.46. The minimum Gasteiger partial charge on any atom is -0.496 e. The molecule has 0 aromatic heterocycles. The maximum atomic E-state index is 11.2. The van der Waals surface area contributed by atoms with E-state index in [1.165, 1.54) is 5.56 Å². The Hall–Kier alpha value is -1.16. The van der Waals surface area contributed by atoms with E-state index in [0.29, 0.717) is 6.54 Å². The number of ether oxygens (including phenoxy) is 1. The van der Waals surface area contributed by atoms with Crippen molar-refractivity contribution in [3.8, 4) is 5.75 Å². The van der Waals surface area contributed by atoms with Crippen LogP contribution in [0, 0.1) is 20.8 Å². The van der Waals surface area contributed by atoms with Crippen molar-refractivity contribution in [3.63, 3.8) is 0 Å². The Morgan fingerprint density at radius 3 is 2.41 bits per heavy atom. The van der Waals surface area contributed by atoms with Crippen molar-refractivity contribution in [2.24, 2.45) is 0 Å². The number of carbonyl (C=O) groups excluding carboxylic acids is 1. The number of carbonyl (C=O) groups is 1. The molecule has 0 spiro atoms. The van der Waals surface area contributed by atoms with Crippen LogP contribution >= 0.6 is 12.6 Å². The molecule has 0 bridgehead atoms. The Morgan fingerprint density at radius 2 is 1.94 bits per heavy atom. The summed E-state index contributed by atoms with van der Waals surface area (Å²) in [5.41, 5.74) is 4.49. The quantitative estimate of drug-likeness (QED) is 0.839. The molecule has 0 aliphatic rings. The van der Waals surface area contributed by atoms with Gasteiger partial charge in [-0.15, -0.1) is 0 Å². The van der Waals surface area contributed by atoms with Crippen molar-refractivity contribution < 1.29 is 9.53 Å². The molecule has 4 heteroatoms. The summed E-state index contributed by atoms with van der Waals surface area (Å²) in [4.78, 5) is 12.7. The number of rotatable bonds is 3. The van der Waals surface area contributed by atoms with Crippen LogP contribution in [0.5, 0.6) is 5.75 Å². The number of methoxy groups -OCH3 is 1. The van der Waals surface area contributed by atoms with Gasteiger partial charge in [0.2, 0.25) is 0 Å². The van der Waals surface area contributed by atoms with Gasteiger partial charge in [-0.1, -0.05) is 18.7 Å². The zero-order chi connectivity index (χ0) is 13.2. The van der Waals surface area contributed by atoms with Gasteiger partial charge in [-0.25, -0.2) is 0 Å². The molecule has 0 unspecified atom stereocenters. The van der Waals surface area contributed by atoms with Gasteiger partial charge < -0.3 is 9.64 Å². The highest BCUT2D eigenvalue weighted by Crippen LogP contribution is 2.30. The Morgan fingerprint density at radius 1 is 1.35 bits per heavy atom. The Labute approximate surface area is 108 Å². The zero-order valence-corrected chi connectivity index (χ0v) is 11.9. The van der Waals surface area contributed by atoms with Crippen molar-refractivity contribution in [1.29, 1.82) is 0 Å². The Bertz CT molecular complexity index is 444. The van der Waals surface area contributed by atoms with Crippen molar-refractivity contribution >= 4 is 17.9 Å². The molecule has 0 fully saturated rings. The lowest BCUT2D eigenvalue weighted by Crippen LogP contribution is -2.21. The smallest absolute Gasteiger partial charge is 0.278 e. The molecule has 0 atom stereocenters. The summed E-state index contributed by atoms with van der Waals surface area (Å²) in [6.45, 7) is 6.63. The molecule has 0 aliphatic carbocycles. The van der Waals surface area contributed by atoms with Crippen LogP contribution in [0.2, 0.25) is 0 Å². The van der Waals surface area contributed by atoms with E-state index in [0.717, 1.165) is 22.4 Å². The molecule has 94 valence electrons. The lowest BCUT2D eigenvalue weighted by Gasteiger charge is -2.21. The first-order chi connectivity index (χ1) is 7.88. The van der Waals surface area contributed by atoms with Crippen molar-refractivity contribution in [1.82, 2.24) is 4.90 Å². The van der Waals surface area contributed by atoms with Crippen LogP contribution in [0.25, 0.3) is 0 Å². The SMILES string of the molecule is COc1c(C)c(C)cc(C)c1CN(C)C(=O)S. The summed E-state index contributed by atoms with van der Waals surface area (Å²) < 4.78 is 5.46. The molecule has 0 radical (unpaired) electrons. The molecule has 0 N–H and O–H groups in total. The monoisotopic (exact) mass is 253 g/mol. The molecule has 1 amide bonds. The van der Waals surface area contributed by atoms with Crippen LogP contribution in [0.4, 0.5) is 4.79 Å². The number of thiol groups is 1. The summed E-state index contributed by atoms with van der Waals surface area (Å²) in [6, 6.07) is 2.12. The Balaban J connectivity index is 3.22. The maximum absolute atomic E-state index is 11.2. The normalized spacial score (nSPS) is 10.2. The summed E-state index contributed by atoms with van der Waals surface area (Å²) in [7, 11) is 3.39. The minimum absolute atomic E-state index is 0.246. The largest absolute Gasteiger partial charge is 0.496 e. The molecule has 0 aliphatic heterocycles. The molecule has 17 heavy (non-hydrogen) atoms. The van der Waals surface area contributed by atoms with Gasteiger partial charge in [0.05, 0.1) is 13.7 Å². The first-order valence-corrected chi connectivity index (χ1v) is 5.91. The fraction of sp³-hybridized carbons (Fsp3) is 0.462. The number of hydrogen-bond acceptors (Lipinski definition) is 2. The van der Waals surface area contributed by atoms with Gasteiger partial charge in [-0.05, 0) is 37.5 Å². The van der Waals surface area contributed by atoms with Crippen LogP contribution in [0.1, 0.15) is 22.3 Å². The molecule has 0 saturated carbocycles. The van der Waals surface area contributed by atoms with E-state index in [1.807, 2.05) is 13.8 Å².